The molecule has 2 aromatic carbocycles. The van der Waals surface area contributed by atoms with E-state index >= 15 is 4.39 Å². The van der Waals surface area contributed by atoms with Gasteiger partial charge < -0.3 is 9.80 Å². The zero-order valence-corrected chi connectivity index (χ0v) is 18.0. The van der Waals surface area contributed by atoms with Gasteiger partial charge in [0.1, 0.15) is 11.9 Å². The number of hydrogen-bond donors (Lipinski definition) is 1. The number of aromatic amines is 1. The molecule has 32 heavy (non-hydrogen) atoms. The molecule has 7 heteroatoms. The molecule has 0 radical (unpaired) electrons. The lowest BCUT2D eigenvalue weighted by atomic mass is 9.71. The fourth-order valence-corrected chi connectivity index (χ4v) is 5.23. The number of carbonyl (C=O) groups is 1. The average molecular weight is 429 g/mol. The maximum Gasteiger partial charge on any atom is 0.245 e. The number of hydrogen-bond acceptors (Lipinski definition) is 4. The second-order valence-corrected chi connectivity index (χ2v) is 8.90. The highest BCUT2D eigenvalue weighted by molar-refractivity contribution is 5.98. The van der Waals surface area contributed by atoms with Crippen LogP contribution < -0.4 is 4.90 Å². The van der Waals surface area contributed by atoms with Gasteiger partial charge in [0.05, 0.1) is 23.0 Å². The van der Waals surface area contributed by atoms with Gasteiger partial charge in [-0.3, -0.25) is 9.89 Å². The highest BCUT2D eigenvalue weighted by atomic mass is 19.1. The molecule has 0 atom stereocenters. The van der Waals surface area contributed by atoms with Gasteiger partial charge in [-0.2, -0.15) is 10.4 Å². The zero-order valence-electron chi connectivity index (χ0n) is 18.0. The number of aryl methyl sites for hydroxylation is 1. The van der Waals surface area contributed by atoms with Crippen LogP contribution in [0.25, 0.3) is 22.0 Å². The number of nitrogens with zero attached hydrogens (tertiary/aromatic N) is 4. The number of nitrogens with one attached hydrogen (secondary N) is 1. The Morgan fingerprint density at radius 3 is 2.69 bits per heavy atom. The van der Waals surface area contributed by atoms with E-state index in [4.69, 9.17) is 0 Å². The molecule has 162 valence electrons. The molecule has 5 rings (SSSR count). The van der Waals surface area contributed by atoms with Crippen molar-refractivity contribution in [2.45, 2.75) is 19.8 Å². The number of likely N-dealkylation sites (tertiary alicyclic amines) is 1. The van der Waals surface area contributed by atoms with Crippen molar-refractivity contribution in [2.75, 3.05) is 31.1 Å². The van der Waals surface area contributed by atoms with E-state index in [9.17, 15) is 10.1 Å². The third kappa shape index (κ3) is 3.06. The van der Waals surface area contributed by atoms with Gasteiger partial charge in [0.25, 0.3) is 0 Å². The molecular weight excluding hydrogens is 405 g/mol. The highest BCUT2D eigenvalue weighted by Gasteiger charge is 2.46. The molecule has 3 heterocycles. The Labute approximate surface area is 185 Å². The summed E-state index contributed by atoms with van der Waals surface area (Å²) in [6, 6.07) is 9.30. The zero-order chi connectivity index (χ0) is 22.5. The van der Waals surface area contributed by atoms with E-state index in [0.29, 0.717) is 16.7 Å². The molecule has 2 aliphatic rings. The Morgan fingerprint density at radius 2 is 2.00 bits per heavy atom. The van der Waals surface area contributed by atoms with Crippen LogP contribution in [-0.4, -0.2) is 47.2 Å². The van der Waals surface area contributed by atoms with Crippen LogP contribution in [0.1, 0.15) is 24.0 Å². The standard InChI is InChI=1S/C25H24FN5O/c1-3-22(32)31-14-25(15-31)8-10-30(11-9-25)21-7-5-19(26)24(17(21)12-27)23-16(2)4-6-20-18(23)13-28-29-20/h3-7,13H,1,8-11,14-15H2,2H3,(H,28,29). The molecule has 2 saturated heterocycles. The molecule has 0 saturated carbocycles. The number of H-pyrrole nitrogens is 1. The van der Waals surface area contributed by atoms with E-state index in [1.807, 2.05) is 24.0 Å². The number of amides is 1. The highest BCUT2D eigenvalue weighted by Crippen LogP contribution is 2.44. The van der Waals surface area contributed by atoms with Gasteiger partial charge in [-0.25, -0.2) is 4.39 Å². The topological polar surface area (TPSA) is 76.0 Å². The van der Waals surface area contributed by atoms with Crippen LogP contribution in [0.2, 0.25) is 0 Å². The summed E-state index contributed by atoms with van der Waals surface area (Å²) in [5.74, 6) is -0.426. The lowest BCUT2D eigenvalue weighted by molar-refractivity contribution is -0.139. The summed E-state index contributed by atoms with van der Waals surface area (Å²) >= 11 is 0. The molecular formula is C25H24FN5O. The normalized spacial score (nSPS) is 17.3. The van der Waals surface area contributed by atoms with Crippen molar-refractivity contribution < 1.29 is 9.18 Å². The third-order valence-electron chi connectivity index (χ3n) is 7.03. The van der Waals surface area contributed by atoms with Crippen LogP contribution in [-0.2, 0) is 4.79 Å². The van der Waals surface area contributed by atoms with Crippen LogP contribution in [0.15, 0.2) is 43.1 Å². The summed E-state index contributed by atoms with van der Waals surface area (Å²) in [6.45, 7) is 8.54. The number of aromatic nitrogens is 2. The van der Waals surface area contributed by atoms with Crippen LogP contribution in [0, 0.1) is 29.5 Å². The van der Waals surface area contributed by atoms with Gasteiger partial charge >= 0.3 is 0 Å². The van der Waals surface area contributed by atoms with Crippen molar-refractivity contribution in [1.29, 1.82) is 5.26 Å². The number of anilines is 1. The molecule has 1 N–H and O–H groups in total. The molecule has 2 fully saturated rings. The number of benzene rings is 2. The lowest BCUT2D eigenvalue weighted by Crippen LogP contribution is -2.61. The van der Waals surface area contributed by atoms with E-state index < -0.39 is 5.82 Å². The van der Waals surface area contributed by atoms with Crippen LogP contribution in [0.5, 0.6) is 0 Å². The maximum atomic E-state index is 15.2. The first-order valence-electron chi connectivity index (χ1n) is 10.8. The van der Waals surface area contributed by atoms with Gasteiger partial charge in [-0.05, 0) is 55.2 Å². The second kappa shape index (κ2) is 7.49. The average Bonchev–Trinajstić information content (AvgIpc) is 3.26. The Morgan fingerprint density at radius 1 is 1.25 bits per heavy atom. The number of rotatable bonds is 3. The molecule has 2 aliphatic heterocycles. The molecule has 1 spiro atoms. The first kappa shape index (κ1) is 20.3. The summed E-state index contributed by atoms with van der Waals surface area (Å²) in [4.78, 5) is 15.8. The Bertz CT molecular complexity index is 1270. The van der Waals surface area contributed by atoms with Gasteiger partial charge in [-0.15, -0.1) is 0 Å². The van der Waals surface area contributed by atoms with Gasteiger partial charge in [0.15, 0.2) is 0 Å². The van der Waals surface area contributed by atoms with E-state index in [-0.39, 0.29) is 11.3 Å². The van der Waals surface area contributed by atoms with E-state index in [2.05, 4.69) is 27.7 Å². The summed E-state index contributed by atoms with van der Waals surface area (Å²) in [5, 5.41) is 17.9. The molecule has 0 unspecified atom stereocenters. The van der Waals surface area contributed by atoms with Gasteiger partial charge in [0.2, 0.25) is 5.91 Å². The molecule has 0 aliphatic carbocycles. The van der Waals surface area contributed by atoms with E-state index in [1.54, 1.807) is 12.3 Å². The third-order valence-corrected chi connectivity index (χ3v) is 7.03. The minimum absolute atomic E-state index is 0.0169. The maximum absolute atomic E-state index is 15.2. The van der Waals surface area contributed by atoms with Crippen molar-refractivity contribution >= 4 is 22.5 Å². The fourth-order valence-electron chi connectivity index (χ4n) is 5.23. The first-order valence-corrected chi connectivity index (χ1v) is 10.8. The van der Waals surface area contributed by atoms with Crippen molar-refractivity contribution in [1.82, 2.24) is 15.1 Å². The molecule has 0 bridgehead atoms. The predicted molar refractivity (Wildman–Crippen MR) is 122 cm³/mol. The second-order valence-electron chi connectivity index (χ2n) is 8.90. The minimum Gasteiger partial charge on any atom is -0.370 e. The van der Waals surface area contributed by atoms with Crippen LogP contribution in [0.3, 0.4) is 0 Å². The Hall–Kier alpha value is -3.66. The molecule has 3 aromatic rings. The smallest absolute Gasteiger partial charge is 0.245 e. The summed E-state index contributed by atoms with van der Waals surface area (Å²) in [5.41, 5.74) is 4.00. The lowest BCUT2D eigenvalue weighted by Gasteiger charge is -2.54. The molecule has 1 aromatic heterocycles. The van der Waals surface area contributed by atoms with Crippen molar-refractivity contribution in [2.24, 2.45) is 5.41 Å². The summed E-state index contributed by atoms with van der Waals surface area (Å²) in [6.07, 6.45) is 4.91. The monoisotopic (exact) mass is 429 g/mol. The molecule has 1 amide bonds. The Balaban J connectivity index is 1.48. The SMILES string of the molecule is C=CC(=O)N1CC2(CCN(c3ccc(F)c(-c4c(C)ccc5[nH]ncc45)c3C#N)CC2)C1. The predicted octanol–water partition coefficient (Wildman–Crippen LogP) is 4.16. The van der Waals surface area contributed by atoms with Gasteiger partial charge in [0, 0.05) is 42.5 Å². The molecule has 6 nitrogen and oxygen atoms in total. The van der Waals surface area contributed by atoms with E-state index in [1.165, 1.54) is 12.1 Å². The fraction of sp³-hybridized carbons (Fsp3) is 0.320. The number of carbonyl (C=O) groups excluding carboxylic acids is 1. The summed E-state index contributed by atoms with van der Waals surface area (Å²) < 4.78 is 15.2. The van der Waals surface area contributed by atoms with E-state index in [0.717, 1.165) is 61.2 Å². The Kier molecular flexibility index (Phi) is 4.74. The number of halogens is 1. The largest absolute Gasteiger partial charge is 0.370 e. The minimum atomic E-state index is -0.409. The van der Waals surface area contributed by atoms with Crippen molar-refractivity contribution in [3.8, 4) is 17.2 Å². The van der Waals surface area contributed by atoms with Crippen molar-refractivity contribution in [3.63, 3.8) is 0 Å². The number of piperidine rings is 1. The summed E-state index contributed by atoms with van der Waals surface area (Å²) in [7, 11) is 0. The van der Waals surface area contributed by atoms with Crippen LogP contribution in [0.4, 0.5) is 10.1 Å². The quantitative estimate of drug-likeness (QED) is 0.634. The van der Waals surface area contributed by atoms with Crippen molar-refractivity contribution in [3.05, 3.63) is 60.1 Å². The number of fused-ring (bicyclic) bond motifs is 1. The van der Waals surface area contributed by atoms with Gasteiger partial charge in [-0.1, -0.05) is 12.6 Å². The van der Waals surface area contributed by atoms with Crippen LogP contribution >= 0.6 is 0 Å². The number of nitriles is 1. The first-order chi connectivity index (χ1) is 15.5.